The molecule has 0 N–H and O–H groups in total. The van der Waals surface area contributed by atoms with Gasteiger partial charge in [0.15, 0.2) is 0 Å². The van der Waals surface area contributed by atoms with Crippen molar-refractivity contribution < 1.29 is 22.1 Å². The molecule has 2 aromatic rings. The predicted molar refractivity (Wildman–Crippen MR) is 106 cm³/mol. The first-order valence-corrected chi connectivity index (χ1v) is 10.7. The van der Waals surface area contributed by atoms with E-state index >= 15 is 0 Å². The molecule has 0 spiro atoms. The maximum atomic E-state index is 12.7. The first-order chi connectivity index (χ1) is 13.4. The molecule has 29 heavy (non-hydrogen) atoms. The highest BCUT2D eigenvalue weighted by Gasteiger charge is 2.30. The molecular weight excluding hydrogens is 394 g/mol. The highest BCUT2D eigenvalue weighted by Crippen LogP contribution is 2.29. The van der Waals surface area contributed by atoms with Crippen LogP contribution >= 0.6 is 0 Å². The summed E-state index contributed by atoms with van der Waals surface area (Å²) in [5.74, 6) is 0.352. The molecule has 0 atom stereocenters. The minimum atomic E-state index is -4.07. The van der Waals surface area contributed by atoms with Crippen molar-refractivity contribution in [3.05, 3.63) is 46.9 Å². The maximum absolute atomic E-state index is 12.7. The van der Waals surface area contributed by atoms with E-state index in [0.717, 1.165) is 5.56 Å². The molecule has 2 heterocycles. The lowest BCUT2D eigenvalue weighted by Crippen LogP contribution is -2.40. The van der Waals surface area contributed by atoms with E-state index in [0.29, 0.717) is 30.0 Å². The fourth-order valence-electron chi connectivity index (χ4n) is 2.91. The normalized spacial score (nSPS) is 14.3. The molecule has 0 saturated heterocycles. The molecule has 0 unspecified atom stereocenters. The lowest BCUT2D eigenvalue weighted by Gasteiger charge is -2.31. The third kappa shape index (κ3) is 5.03. The Labute approximate surface area is 171 Å². The number of hydrogen-bond donors (Lipinski definition) is 0. The van der Waals surface area contributed by atoms with Crippen molar-refractivity contribution in [3.63, 3.8) is 0 Å². The van der Waals surface area contributed by atoms with Crippen LogP contribution in [0.15, 0.2) is 29.2 Å². The number of amides is 1. The molecule has 9 heteroatoms. The standard InChI is InChI=1S/C20H25N3O5S/c1-13-6-8-15(9-7-13)29(25,26)28-18-16-12-23(19(24)27-20(3,4)5)11-10-17(16)21-14(2)22-18/h6-9H,10-12H2,1-5H3. The van der Waals surface area contributed by atoms with E-state index in [1.165, 1.54) is 17.0 Å². The van der Waals surface area contributed by atoms with Gasteiger partial charge in [-0.3, -0.25) is 0 Å². The van der Waals surface area contributed by atoms with Crippen LogP contribution in [0.3, 0.4) is 0 Å². The van der Waals surface area contributed by atoms with Crippen molar-refractivity contribution in [2.75, 3.05) is 6.54 Å². The van der Waals surface area contributed by atoms with Crippen LogP contribution in [0.1, 0.15) is 43.4 Å². The predicted octanol–water partition coefficient (Wildman–Crippen LogP) is 3.15. The molecule has 0 radical (unpaired) electrons. The van der Waals surface area contributed by atoms with Crippen LogP contribution in [0.2, 0.25) is 0 Å². The summed E-state index contributed by atoms with van der Waals surface area (Å²) < 4.78 is 36.3. The summed E-state index contributed by atoms with van der Waals surface area (Å²) in [6, 6.07) is 6.36. The van der Waals surface area contributed by atoms with E-state index in [-0.39, 0.29) is 17.3 Å². The Balaban J connectivity index is 1.91. The minimum Gasteiger partial charge on any atom is -0.444 e. The van der Waals surface area contributed by atoms with Gasteiger partial charge >= 0.3 is 16.2 Å². The Hall–Kier alpha value is -2.68. The fourth-order valence-corrected chi connectivity index (χ4v) is 3.82. The van der Waals surface area contributed by atoms with E-state index < -0.39 is 21.8 Å². The fraction of sp³-hybridized carbons (Fsp3) is 0.450. The summed E-state index contributed by atoms with van der Waals surface area (Å²) in [5.41, 5.74) is 1.46. The van der Waals surface area contributed by atoms with E-state index in [2.05, 4.69) is 9.97 Å². The number of aryl methyl sites for hydroxylation is 2. The molecule has 3 rings (SSSR count). The van der Waals surface area contributed by atoms with Crippen LogP contribution in [-0.4, -0.2) is 41.5 Å². The van der Waals surface area contributed by atoms with Gasteiger partial charge in [0.05, 0.1) is 17.8 Å². The Morgan fingerprint density at radius 3 is 2.38 bits per heavy atom. The lowest BCUT2D eigenvalue weighted by atomic mass is 10.1. The van der Waals surface area contributed by atoms with E-state index in [4.69, 9.17) is 8.92 Å². The Bertz CT molecular complexity index is 1030. The van der Waals surface area contributed by atoms with Crippen LogP contribution in [-0.2, 0) is 27.8 Å². The summed E-state index contributed by atoms with van der Waals surface area (Å²) >= 11 is 0. The van der Waals surface area contributed by atoms with E-state index in [1.807, 2.05) is 6.92 Å². The van der Waals surface area contributed by atoms with Gasteiger partial charge in [0.1, 0.15) is 16.3 Å². The molecule has 1 aliphatic rings. The average Bonchev–Trinajstić information content (AvgIpc) is 2.60. The van der Waals surface area contributed by atoms with Gasteiger partial charge in [-0.1, -0.05) is 17.7 Å². The lowest BCUT2D eigenvalue weighted by molar-refractivity contribution is 0.0221. The topological polar surface area (TPSA) is 98.7 Å². The highest BCUT2D eigenvalue weighted by molar-refractivity contribution is 7.87. The van der Waals surface area contributed by atoms with Crippen LogP contribution in [0, 0.1) is 13.8 Å². The smallest absolute Gasteiger partial charge is 0.410 e. The van der Waals surface area contributed by atoms with Crippen LogP contribution in [0.5, 0.6) is 5.88 Å². The Morgan fingerprint density at radius 2 is 1.76 bits per heavy atom. The van der Waals surface area contributed by atoms with Gasteiger partial charge in [0.25, 0.3) is 0 Å². The summed E-state index contributed by atoms with van der Waals surface area (Å²) in [6.45, 7) is 9.44. The number of rotatable bonds is 3. The van der Waals surface area contributed by atoms with Gasteiger partial charge in [-0.2, -0.15) is 13.4 Å². The van der Waals surface area contributed by atoms with Gasteiger partial charge in [0, 0.05) is 13.0 Å². The number of fused-ring (bicyclic) bond motifs is 1. The summed E-state index contributed by atoms with van der Waals surface area (Å²) in [7, 11) is -4.07. The Kier molecular flexibility index (Phi) is 5.53. The number of hydrogen-bond acceptors (Lipinski definition) is 7. The maximum Gasteiger partial charge on any atom is 0.410 e. The quantitative estimate of drug-likeness (QED) is 0.705. The zero-order valence-electron chi connectivity index (χ0n) is 17.2. The van der Waals surface area contributed by atoms with E-state index in [9.17, 15) is 13.2 Å². The molecule has 1 aromatic carbocycles. The van der Waals surface area contributed by atoms with Crippen LogP contribution in [0.4, 0.5) is 4.79 Å². The molecule has 8 nitrogen and oxygen atoms in total. The molecule has 0 bridgehead atoms. The average molecular weight is 420 g/mol. The van der Waals surface area contributed by atoms with E-state index in [1.54, 1.807) is 39.8 Å². The largest absolute Gasteiger partial charge is 0.444 e. The second-order valence-corrected chi connectivity index (χ2v) is 9.55. The number of carbonyl (C=O) groups excluding carboxylic acids is 1. The molecule has 1 amide bonds. The monoisotopic (exact) mass is 419 g/mol. The molecule has 0 fully saturated rings. The van der Waals surface area contributed by atoms with Gasteiger partial charge in [-0.05, 0) is 46.8 Å². The van der Waals surface area contributed by atoms with Crippen LogP contribution < -0.4 is 4.18 Å². The van der Waals surface area contributed by atoms with Crippen molar-refractivity contribution in [1.29, 1.82) is 0 Å². The van der Waals surface area contributed by atoms with Crippen molar-refractivity contribution in [1.82, 2.24) is 14.9 Å². The number of benzene rings is 1. The molecule has 1 aromatic heterocycles. The van der Waals surface area contributed by atoms with Crippen molar-refractivity contribution in [2.24, 2.45) is 0 Å². The summed E-state index contributed by atoms with van der Waals surface area (Å²) in [5, 5.41) is 0. The molecule has 1 aliphatic heterocycles. The zero-order valence-corrected chi connectivity index (χ0v) is 18.0. The van der Waals surface area contributed by atoms with Gasteiger partial charge in [-0.15, -0.1) is 0 Å². The van der Waals surface area contributed by atoms with Gasteiger partial charge < -0.3 is 13.8 Å². The first kappa shape index (κ1) is 21.0. The highest BCUT2D eigenvalue weighted by atomic mass is 32.2. The second-order valence-electron chi connectivity index (χ2n) is 8.00. The number of aromatic nitrogens is 2. The zero-order chi connectivity index (χ0) is 21.4. The second kappa shape index (κ2) is 7.62. The van der Waals surface area contributed by atoms with Gasteiger partial charge in [-0.25, -0.2) is 9.78 Å². The first-order valence-electron chi connectivity index (χ1n) is 9.30. The number of ether oxygens (including phenoxy) is 1. The molecule has 156 valence electrons. The van der Waals surface area contributed by atoms with Crippen LogP contribution in [0.25, 0.3) is 0 Å². The Morgan fingerprint density at radius 1 is 1.10 bits per heavy atom. The van der Waals surface area contributed by atoms with Crippen molar-refractivity contribution in [2.45, 2.75) is 58.1 Å². The number of carbonyl (C=O) groups is 1. The molecule has 0 aliphatic carbocycles. The third-order valence-corrected chi connectivity index (χ3v) is 5.51. The summed E-state index contributed by atoms with van der Waals surface area (Å²) in [4.78, 5) is 22.6. The van der Waals surface area contributed by atoms with Crippen molar-refractivity contribution >= 4 is 16.2 Å². The third-order valence-electron chi connectivity index (χ3n) is 4.28. The van der Waals surface area contributed by atoms with Gasteiger partial charge in [0.2, 0.25) is 5.88 Å². The molecule has 0 saturated carbocycles. The van der Waals surface area contributed by atoms with Crippen molar-refractivity contribution in [3.8, 4) is 5.88 Å². The minimum absolute atomic E-state index is 0.0351. The summed E-state index contributed by atoms with van der Waals surface area (Å²) in [6.07, 6.45) is -0.0186. The SMILES string of the molecule is Cc1ccc(S(=O)(=O)Oc2nc(C)nc3c2CN(C(=O)OC(C)(C)C)CC3)cc1. The molecular formula is C20H25N3O5S. The number of nitrogens with zero attached hydrogens (tertiary/aromatic N) is 3.